The molecular weight excluding hydrogens is 313 g/mol. The Hall–Kier alpha value is -2.35. The standard InChI is InChI=1S/C15H13F3N2O3/c1-20-5-4-10-8(7-20)2-3-11(19-10)12-6-9(14(21)22)13(23-12)15(16,17)18/h2-3,6H,4-5,7H2,1H3,(H,21,22). The van der Waals surface area contributed by atoms with E-state index in [0.717, 1.165) is 30.4 Å². The van der Waals surface area contributed by atoms with Crippen molar-refractivity contribution in [1.29, 1.82) is 0 Å². The number of aromatic nitrogens is 1. The molecule has 0 atom stereocenters. The van der Waals surface area contributed by atoms with Gasteiger partial charge in [-0.15, -0.1) is 0 Å². The molecule has 1 aliphatic rings. The summed E-state index contributed by atoms with van der Waals surface area (Å²) in [5, 5.41) is 8.92. The van der Waals surface area contributed by atoms with E-state index in [9.17, 15) is 18.0 Å². The monoisotopic (exact) mass is 326 g/mol. The molecular formula is C15H13F3N2O3. The lowest BCUT2D eigenvalue weighted by Gasteiger charge is -2.24. The number of rotatable bonds is 2. The smallest absolute Gasteiger partial charge is 0.450 e. The van der Waals surface area contributed by atoms with Crippen molar-refractivity contribution >= 4 is 5.97 Å². The Bertz CT molecular complexity index is 768. The first kappa shape index (κ1) is 15.5. The Morgan fingerprint density at radius 2 is 2.13 bits per heavy atom. The van der Waals surface area contributed by atoms with Crippen molar-refractivity contribution in [3.05, 3.63) is 40.8 Å². The molecule has 5 nitrogen and oxygen atoms in total. The largest absolute Gasteiger partial charge is 0.478 e. The van der Waals surface area contributed by atoms with Gasteiger partial charge in [0.2, 0.25) is 5.76 Å². The zero-order valence-electron chi connectivity index (χ0n) is 12.1. The Kier molecular flexibility index (Phi) is 3.63. The number of aromatic carboxylic acids is 1. The normalized spacial score (nSPS) is 15.5. The van der Waals surface area contributed by atoms with Crippen LogP contribution in [0.1, 0.15) is 27.4 Å². The van der Waals surface area contributed by atoms with E-state index in [1.54, 1.807) is 12.1 Å². The number of alkyl halides is 3. The highest BCUT2D eigenvalue weighted by Crippen LogP contribution is 2.37. The van der Waals surface area contributed by atoms with Crippen LogP contribution in [0.3, 0.4) is 0 Å². The molecule has 0 bridgehead atoms. The topological polar surface area (TPSA) is 66.6 Å². The van der Waals surface area contributed by atoms with Crippen LogP contribution in [0.5, 0.6) is 0 Å². The molecule has 3 heterocycles. The Balaban J connectivity index is 2.04. The maximum Gasteiger partial charge on any atom is 0.450 e. The van der Waals surface area contributed by atoms with Gasteiger partial charge in [-0.05, 0) is 18.7 Å². The van der Waals surface area contributed by atoms with E-state index in [1.165, 1.54) is 0 Å². The van der Waals surface area contributed by atoms with E-state index in [2.05, 4.69) is 9.88 Å². The molecule has 0 aromatic carbocycles. The summed E-state index contributed by atoms with van der Waals surface area (Å²) >= 11 is 0. The number of hydrogen-bond acceptors (Lipinski definition) is 4. The van der Waals surface area contributed by atoms with Crippen molar-refractivity contribution in [2.45, 2.75) is 19.1 Å². The number of furan rings is 1. The van der Waals surface area contributed by atoms with Crippen molar-refractivity contribution in [3.63, 3.8) is 0 Å². The van der Waals surface area contributed by atoms with Gasteiger partial charge in [0, 0.05) is 31.3 Å². The van der Waals surface area contributed by atoms with E-state index in [0.29, 0.717) is 6.42 Å². The lowest BCUT2D eigenvalue weighted by molar-refractivity contribution is -0.153. The number of fused-ring (bicyclic) bond motifs is 1. The minimum Gasteiger partial charge on any atom is -0.478 e. The Labute approximate surface area is 129 Å². The van der Waals surface area contributed by atoms with E-state index < -0.39 is 23.5 Å². The minimum absolute atomic E-state index is 0.198. The number of nitrogens with zero attached hydrogens (tertiary/aromatic N) is 2. The molecule has 0 aliphatic carbocycles. The lowest BCUT2D eigenvalue weighted by Crippen LogP contribution is -2.27. The van der Waals surface area contributed by atoms with Gasteiger partial charge < -0.3 is 14.4 Å². The van der Waals surface area contributed by atoms with E-state index >= 15 is 0 Å². The van der Waals surface area contributed by atoms with Crippen LogP contribution in [0.2, 0.25) is 0 Å². The third kappa shape index (κ3) is 2.94. The van der Waals surface area contributed by atoms with Crippen molar-refractivity contribution < 1.29 is 27.5 Å². The van der Waals surface area contributed by atoms with Gasteiger partial charge in [0.05, 0.1) is 0 Å². The molecule has 0 unspecified atom stereocenters. The second-order valence-electron chi connectivity index (χ2n) is 5.45. The summed E-state index contributed by atoms with van der Waals surface area (Å²) in [7, 11) is 1.97. The molecule has 0 spiro atoms. The second kappa shape index (κ2) is 5.38. The van der Waals surface area contributed by atoms with Gasteiger partial charge in [0.1, 0.15) is 11.3 Å². The minimum atomic E-state index is -4.87. The molecule has 0 amide bonds. The fraction of sp³-hybridized carbons (Fsp3) is 0.333. The molecule has 0 radical (unpaired) electrons. The summed E-state index contributed by atoms with van der Waals surface area (Å²) in [6.45, 7) is 1.52. The number of pyridine rings is 1. The number of carbonyl (C=O) groups is 1. The molecule has 1 N–H and O–H groups in total. The molecule has 2 aromatic heterocycles. The van der Waals surface area contributed by atoms with E-state index in [4.69, 9.17) is 9.52 Å². The van der Waals surface area contributed by atoms with Crippen molar-refractivity contribution in [2.24, 2.45) is 0 Å². The summed E-state index contributed by atoms with van der Waals surface area (Å²) in [6, 6.07) is 4.20. The molecule has 1 aliphatic heterocycles. The molecule has 8 heteroatoms. The van der Waals surface area contributed by atoms with Gasteiger partial charge >= 0.3 is 12.1 Å². The zero-order valence-corrected chi connectivity index (χ0v) is 12.1. The highest BCUT2D eigenvalue weighted by atomic mass is 19.4. The van der Waals surface area contributed by atoms with Crippen LogP contribution in [0.4, 0.5) is 13.2 Å². The average molecular weight is 326 g/mol. The van der Waals surface area contributed by atoms with Gasteiger partial charge in [0.15, 0.2) is 5.76 Å². The van der Waals surface area contributed by atoms with Crippen LogP contribution >= 0.6 is 0 Å². The van der Waals surface area contributed by atoms with Crippen LogP contribution in [-0.2, 0) is 19.1 Å². The number of carboxylic acid groups (broad SMARTS) is 1. The van der Waals surface area contributed by atoms with Gasteiger partial charge in [-0.2, -0.15) is 13.2 Å². The van der Waals surface area contributed by atoms with E-state index in [-0.39, 0.29) is 11.5 Å². The molecule has 23 heavy (non-hydrogen) atoms. The van der Waals surface area contributed by atoms with Gasteiger partial charge in [-0.1, -0.05) is 6.07 Å². The second-order valence-corrected chi connectivity index (χ2v) is 5.45. The molecule has 0 saturated carbocycles. The number of carboxylic acids is 1. The van der Waals surface area contributed by atoms with Crippen LogP contribution in [0.15, 0.2) is 22.6 Å². The number of likely N-dealkylation sites (N-methyl/N-ethyl adjacent to an activating group) is 1. The number of hydrogen-bond donors (Lipinski definition) is 1. The van der Waals surface area contributed by atoms with E-state index in [1.807, 2.05) is 7.05 Å². The van der Waals surface area contributed by atoms with Gasteiger partial charge in [0.25, 0.3) is 0 Å². The maximum absolute atomic E-state index is 12.9. The maximum atomic E-state index is 12.9. The van der Waals surface area contributed by atoms with Gasteiger partial charge in [-0.25, -0.2) is 9.78 Å². The predicted molar refractivity (Wildman–Crippen MR) is 73.9 cm³/mol. The van der Waals surface area contributed by atoms with Gasteiger partial charge in [-0.3, -0.25) is 0 Å². The summed E-state index contributed by atoms with van der Waals surface area (Å²) in [6.07, 6.45) is -4.19. The van der Waals surface area contributed by atoms with Crippen LogP contribution < -0.4 is 0 Å². The first-order valence-electron chi connectivity index (χ1n) is 6.87. The highest BCUT2D eigenvalue weighted by Gasteiger charge is 2.40. The van der Waals surface area contributed by atoms with Crippen molar-refractivity contribution in [2.75, 3.05) is 13.6 Å². The third-order valence-electron chi connectivity index (χ3n) is 3.71. The first-order valence-corrected chi connectivity index (χ1v) is 6.87. The molecule has 122 valence electrons. The van der Waals surface area contributed by atoms with Crippen molar-refractivity contribution in [1.82, 2.24) is 9.88 Å². The molecule has 0 saturated heterocycles. The SMILES string of the molecule is CN1CCc2nc(-c3cc(C(=O)O)c(C(F)(F)F)o3)ccc2C1. The summed E-state index contributed by atoms with van der Waals surface area (Å²) in [5.74, 6) is -3.40. The summed E-state index contributed by atoms with van der Waals surface area (Å²) in [5.41, 5.74) is 1.09. The lowest BCUT2D eigenvalue weighted by atomic mass is 10.1. The van der Waals surface area contributed by atoms with Crippen LogP contribution in [0, 0.1) is 0 Å². The fourth-order valence-corrected chi connectivity index (χ4v) is 2.58. The quantitative estimate of drug-likeness (QED) is 0.919. The summed E-state index contributed by atoms with van der Waals surface area (Å²) in [4.78, 5) is 17.4. The fourth-order valence-electron chi connectivity index (χ4n) is 2.58. The summed E-state index contributed by atoms with van der Waals surface area (Å²) < 4.78 is 43.4. The van der Waals surface area contributed by atoms with Crippen molar-refractivity contribution in [3.8, 4) is 11.5 Å². The first-order chi connectivity index (χ1) is 10.8. The highest BCUT2D eigenvalue weighted by molar-refractivity contribution is 5.90. The molecule has 0 fully saturated rings. The molecule has 2 aromatic rings. The molecule has 3 rings (SSSR count). The van der Waals surface area contributed by atoms with Crippen LogP contribution in [-0.4, -0.2) is 34.6 Å². The predicted octanol–water partition coefficient (Wildman–Crippen LogP) is 3.05. The number of halogens is 3. The van der Waals surface area contributed by atoms with Crippen LogP contribution in [0.25, 0.3) is 11.5 Å². The zero-order chi connectivity index (χ0) is 16.8. The Morgan fingerprint density at radius 1 is 1.39 bits per heavy atom. The average Bonchev–Trinajstić information content (AvgIpc) is 2.92. The Morgan fingerprint density at radius 3 is 2.74 bits per heavy atom. The third-order valence-corrected chi connectivity index (χ3v) is 3.71.